The van der Waals surface area contributed by atoms with Crippen LogP contribution in [0.5, 0.6) is 0 Å². The van der Waals surface area contributed by atoms with Gasteiger partial charge in [0.1, 0.15) is 83.9 Å². The number of rotatable bonds is 23. The van der Waals surface area contributed by atoms with Gasteiger partial charge in [0.15, 0.2) is 11.8 Å². The first-order valence-corrected chi connectivity index (χ1v) is 40.5. The van der Waals surface area contributed by atoms with Crippen molar-refractivity contribution in [2.45, 2.75) is 158 Å². The number of esters is 4. The SMILES string of the molecule is C.C.C.C.C.C.C.C=CCC(N)(C(=O)OCC)c1ccccc1.C=CCC1(c2ccccc2)COC(=O)N1.CCOC(=O)C(N=Cc1ccccc1)c1ccccc1.COC(=O)CC1(c2ccccc2)COC(=O)N1CC(=O)OC(C)(C)C.NC(C(=O)O)c1ccccc1.O=C1CN2C(=O)OCC2(c2ccccc2)C1.O=C1OCC2(c3ccccc3)C=C(c3cc(F)ccc3F)CN12. The van der Waals surface area contributed by atoms with Crippen LogP contribution in [0.1, 0.15) is 174 Å². The van der Waals surface area contributed by atoms with E-state index in [0.29, 0.717) is 55.8 Å². The lowest BCUT2D eigenvalue weighted by atomic mass is 9.86. The fourth-order valence-corrected chi connectivity index (χ4v) is 14.6. The van der Waals surface area contributed by atoms with Gasteiger partial charge in [-0.05, 0) is 122 Å². The van der Waals surface area contributed by atoms with Crippen LogP contribution in [0, 0.1) is 11.6 Å². The molecule has 6 N–H and O–H groups in total. The second-order valence-corrected chi connectivity index (χ2v) is 30.5. The van der Waals surface area contributed by atoms with Crippen LogP contribution >= 0.6 is 0 Å². The summed E-state index contributed by atoms with van der Waals surface area (Å²) in [6, 6.07) is 76.7. The molecule has 9 aromatic carbocycles. The van der Waals surface area contributed by atoms with Crippen molar-refractivity contribution in [1.82, 2.24) is 20.0 Å². The van der Waals surface area contributed by atoms with Crippen molar-refractivity contribution in [3.63, 3.8) is 0 Å². The lowest BCUT2D eigenvalue weighted by Crippen LogP contribution is -2.49. The van der Waals surface area contributed by atoms with Crippen molar-refractivity contribution in [1.29, 1.82) is 0 Å². The number of hydrogen-bond acceptors (Lipinski definition) is 21. The number of carbonyl (C=O) groups excluding carboxylic acids is 9. The second-order valence-electron chi connectivity index (χ2n) is 30.5. The third kappa shape index (κ3) is 29.6. The summed E-state index contributed by atoms with van der Waals surface area (Å²) in [6.07, 6.45) is 6.35. The second kappa shape index (κ2) is 53.8. The quantitative estimate of drug-likeness (QED) is 0.0200. The fraction of sp³-hybridized carbons (Fsp3) is 0.324. The number of benzene rings is 9. The van der Waals surface area contributed by atoms with E-state index in [1.165, 1.54) is 12.0 Å². The van der Waals surface area contributed by atoms with Crippen LogP contribution < -0.4 is 16.8 Å². The predicted molar refractivity (Wildman–Crippen MR) is 514 cm³/mol. The molecule has 0 aliphatic carbocycles. The van der Waals surface area contributed by atoms with E-state index in [2.05, 4.69) is 23.5 Å². The van der Waals surface area contributed by atoms with E-state index in [1.807, 2.05) is 200 Å². The van der Waals surface area contributed by atoms with E-state index in [9.17, 15) is 56.7 Å². The Kier molecular flexibility index (Phi) is 46.4. The molecule has 7 unspecified atom stereocenters. The molecule has 26 nitrogen and oxygen atoms in total. The van der Waals surface area contributed by atoms with Crippen LogP contribution in [0.3, 0.4) is 0 Å². The molecule has 714 valence electrons. The van der Waals surface area contributed by atoms with Gasteiger partial charge in [0.2, 0.25) is 0 Å². The summed E-state index contributed by atoms with van der Waals surface area (Å²) in [5, 5.41) is 11.4. The average molecular weight is 1830 g/mol. The molecule has 5 fully saturated rings. The van der Waals surface area contributed by atoms with Gasteiger partial charge < -0.3 is 59.8 Å². The lowest BCUT2D eigenvalue weighted by Gasteiger charge is -2.35. The first-order valence-electron chi connectivity index (χ1n) is 40.5. The number of halogens is 2. The highest BCUT2D eigenvalue weighted by molar-refractivity contribution is 5.91. The molecule has 6 aliphatic rings. The Hall–Kier alpha value is -14.3. The Morgan fingerprint density at radius 1 is 0.571 bits per heavy atom. The fourth-order valence-electron chi connectivity index (χ4n) is 14.6. The van der Waals surface area contributed by atoms with Gasteiger partial charge in [-0.25, -0.2) is 37.5 Å². The molecule has 133 heavy (non-hydrogen) atoms. The monoisotopic (exact) mass is 1830 g/mol. The van der Waals surface area contributed by atoms with Crippen molar-refractivity contribution in [2.75, 3.05) is 66.4 Å². The Balaban J connectivity index is 0.000000527. The number of methoxy groups -OCH3 is 1. The van der Waals surface area contributed by atoms with Gasteiger partial charge in [-0.3, -0.25) is 38.9 Å². The maximum Gasteiger partial charge on any atom is 0.411 e. The molecule has 28 heteroatoms. The highest BCUT2D eigenvalue weighted by Crippen LogP contribution is 2.46. The number of ketones is 1. The minimum Gasteiger partial charge on any atom is -0.480 e. The number of cyclic esters (lactones) is 4. The Morgan fingerprint density at radius 2 is 1.06 bits per heavy atom. The van der Waals surface area contributed by atoms with Crippen molar-refractivity contribution in [3.8, 4) is 0 Å². The highest BCUT2D eigenvalue weighted by atomic mass is 19.1. The number of carbonyl (C=O) groups is 10. The molecule has 7 atom stereocenters. The van der Waals surface area contributed by atoms with Gasteiger partial charge in [-0.15, -0.1) is 13.2 Å². The minimum atomic E-state index is -1.13. The molecule has 4 amide bonds. The molecule has 0 aromatic heterocycles. The minimum absolute atomic E-state index is 0. The summed E-state index contributed by atoms with van der Waals surface area (Å²) in [5.41, 5.74) is 14.3. The number of nitrogens with one attached hydrogen (secondary N) is 1. The molecule has 0 saturated carbocycles. The van der Waals surface area contributed by atoms with E-state index >= 15 is 0 Å². The zero-order valence-corrected chi connectivity index (χ0v) is 70.9. The van der Waals surface area contributed by atoms with Crippen molar-refractivity contribution in [3.05, 3.63) is 354 Å². The van der Waals surface area contributed by atoms with Gasteiger partial charge in [0.25, 0.3) is 0 Å². The summed E-state index contributed by atoms with van der Waals surface area (Å²) in [7, 11) is 1.27. The normalized spacial score (nSPS) is 18.4. The Morgan fingerprint density at radius 3 is 1.56 bits per heavy atom. The smallest absolute Gasteiger partial charge is 0.411 e. The van der Waals surface area contributed by atoms with Crippen LogP contribution in [0.2, 0.25) is 0 Å². The Bertz CT molecular complexity index is 5280. The zero-order chi connectivity index (χ0) is 91.1. The van der Waals surface area contributed by atoms with Gasteiger partial charge in [-0.2, -0.15) is 0 Å². The number of fused-ring (bicyclic) bond motifs is 2. The number of nitrogens with zero attached hydrogens (tertiary/aromatic N) is 4. The van der Waals surface area contributed by atoms with Crippen molar-refractivity contribution >= 4 is 71.8 Å². The maximum absolute atomic E-state index is 14.1. The number of nitrogens with two attached hydrogens (primary N) is 2. The molecule has 0 radical (unpaired) electrons. The number of amides is 4. The first kappa shape index (κ1) is 115. The molecule has 5 saturated heterocycles. The molecular weight excluding hydrogens is 1700 g/mol. The van der Waals surface area contributed by atoms with E-state index in [-0.39, 0.29) is 127 Å². The van der Waals surface area contributed by atoms with Crippen LogP contribution in [0.15, 0.2) is 297 Å². The largest absolute Gasteiger partial charge is 0.480 e. The molecule has 6 aliphatic heterocycles. The van der Waals surface area contributed by atoms with Crippen molar-refractivity contribution in [2.24, 2.45) is 16.5 Å². The highest BCUT2D eigenvalue weighted by Gasteiger charge is 2.56. The van der Waals surface area contributed by atoms with Crippen LogP contribution in [-0.2, 0) is 94.4 Å². The summed E-state index contributed by atoms with van der Waals surface area (Å²) in [4.78, 5) is 126. The summed E-state index contributed by atoms with van der Waals surface area (Å²) in [6.45, 7) is 17.6. The van der Waals surface area contributed by atoms with Gasteiger partial charge in [-0.1, -0.05) is 307 Å². The number of Topliss-reactive ketones (excluding diaryl/α,β-unsaturated/α-hetero) is 1. The van der Waals surface area contributed by atoms with Crippen molar-refractivity contribution < 1.29 is 99.7 Å². The predicted octanol–water partition coefficient (Wildman–Crippen LogP) is 20.1. The molecule has 0 spiro atoms. The van der Waals surface area contributed by atoms with Gasteiger partial charge in [0, 0.05) is 18.2 Å². The molecule has 9 aromatic rings. The number of aliphatic carboxylic acids is 1. The summed E-state index contributed by atoms with van der Waals surface area (Å²) >= 11 is 0. The van der Waals surface area contributed by atoms with E-state index < -0.39 is 93.1 Å². The molecule has 0 bridgehead atoms. The first-order chi connectivity index (χ1) is 60.4. The average Bonchev–Trinajstić information content (AvgIpc) is 1.58. The lowest BCUT2D eigenvalue weighted by molar-refractivity contribution is -0.157. The van der Waals surface area contributed by atoms with Crippen LogP contribution in [0.4, 0.5) is 28.0 Å². The summed E-state index contributed by atoms with van der Waals surface area (Å²) in [5.74, 6) is -3.74. The third-order valence-electron chi connectivity index (χ3n) is 20.8. The third-order valence-corrected chi connectivity index (χ3v) is 20.8. The number of carboxylic acid groups (broad SMARTS) is 1. The molecule has 15 rings (SSSR count). The summed E-state index contributed by atoms with van der Waals surface area (Å²) < 4.78 is 68.2. The molecule has 6 heterocycles. The Labute approximate surface area is 782 Å². The van der Waals surface area contributed by atoms with Gasteiger partial charge >= 0.3 is 54.2 Å². The number of alkyl carbamates (subject to hydrolysis) is 1. The van der Waals surface area contributed by atoms with E-state index in [0.717, 1.165) is 51.6 Å². The number of aliphatic imine (C=N–C) groups is 1. The number of hydrogen-bond donors (Lipinski definition) is 4. The standard InChI is InChI=1S/C18H13F2NO2.C18H23NO6.C17H17NO2.C13H17NO2.C12H11NO3.C12H13NO2.C8H9NO2.7CH4/c19-14-6-7-16(20)15(8-14)12-9-18(13-4-2-1-3-5-13)11-23-17(22)21(18)10-12;1-17(2,3)25-15(21)11-19-16(22)24-12-18(19,10-14(20)23-4)13-8-6-5-7-9-13;1-2-20-17(19)16(15-11-7-4-8-12-15)18-13-14-9-5-3-6-10-14;1-3-10-13(14,12(15)16-4-2)11-8-6-5-7-9-11;14-10-6-12(9-4-2-1-3-5-9)8-16-11(15)13(12)7-10;1-2-8-12(9-15-11(14)13-12)10-6-4-3-5-7-10;9-7(8(10)11)6-4-2-1-3-5-6;;;;;;;/h1-9H,10-11H2;5-9H,10-12H2,1-4H3;3-13,16H,2H2,1H3;3,5-9H,1,4,10,14H2,2H3;1-5H,6-8H2;2-7H,1,8-9H2,(H,13,14);1-5,7H,9H2,(H,10,11);7*1H4. The van der Waals surface area contributed by atoms with Gasteiger partial charge in [0.05, 0.1) is 39.8 Å². The topological polar surface area (TPSA) is 351 Å². The number of ether oxygens (including phenoxy) is 8. The number of carboxylic acids is 1. The van der Waals surface area contributed by atoms with E-state index in [1.54, 1.807) is 111 Å². The van der Waals surface area contributed by atoms with Crippen LogP contribution in [0.25, 0.3) is 5.57 Å². The van der Waals surface area contributed by atoms with Crippen LogP contribution in [-0.4, -0.2) is 158 Å². The zero-order valence-electron chi connectivity index (χ0n) is 70.9. The molecular formula is C105H131F2N7O19. The van der Waals surface area contributed by atoms with E-state index in [4.69, 9.17) is 54.5 Å². The maximum atomic E-state index is 14.1.